The minimum Gasteiger partial charge on any atom is -0.496 e. The second kappa shape index (κ2) is 9.73. The van der Waals surface area contributed by atoms with Gasteiger partial charge in [-0.1, -0.05) is 24.3 Å². The Hall–Kier alpha value is -3.09. The summed E-state index contributed by atoms with van der Waals surface area (Å²) in [5, 5.41) is 2.73. The average Bonchev–Trinajstić information content (AvgIpc) is 2.77. The highest BCUT2D eigenvalue weighted by Gasteiger charge is 2.21. The lowest BCUT2D eigenvalue weighted by atomic mass is 10.1. The molecule has 7 heteroatoms. The largest absolute Gasteiger partial charge is 0.496 e. The summed E-state index contributed by atoms with van der Waals surface area (Å²) in [6.07, 6.45) is 2.67. The van der Waals surface area contributed by atoms with Crippen LogP contribution in [0, 0.1) is 0 Å². The molecule has 0 bridgehead atoms. The molecule has 3 rings (SSSR count). The van der Waals surface area contributed by atoms with Crippen molar-refractivity contribution >= 4 is 17.6 Å². The van der Waals surface area contributed by atoms with Crippen molar-refractivity contribution in [3.8, 4) is 5.75 Å². The van der Waals surface area contributed by atoms with Crippen molar-refractivity contribution in [1.29, 1.82) is 0 Å². The van der Waals surface area contributed by atoms with E-state index in [9.17, 15) is 9.59 Å². The lowest BCUT2D eigenvalue weighted by Gasteiger charge is -2.35. The third-order valence-electron chi connectivity index (χ3n) is 4.86. The zero-order valence-corrected chi connectivity index (χ0v) is 16.1. The van der Waals surface area contributed by atoms with Crippen LogP contribution in [0.5, 0.6) is 5.75 Å². The van der Waals surface area contributed by atoms with Gasteiger partial charge in [0.25, 0.3) is 0 Å². The van der Waals surface area contributed by atoms with Crippen LogP contribution in [-0.4, -0.2) is 61.5 Å². The van der Waals surface area contributed by atoms with Crippen LogP contribution in [0.15, 0.2) is 48.7 Å². The summed E-state index contributed by atoms with van der Waals surface area (Å²) < 4.78 is 5.29. The highest BCUT2D eigenvalue weighted by atomic mass is 16.5. The molecule has 1 aromatic heterocycles. The van der Waals surface area contributed by atoms with Gasteiger partial charge in [0.05, 0.1) is 13.7 Å². The fourth-order valence-electron chi connectivity index (χ4n) is 3.26. The number of carbonyl (C=O) groups is 2. The monoisotopic (exact) mass is 382 g/mol. The number of hydrogen-bond donors (Lipinski definition) is 1. The Bertz CT molecular complexity index is 789. The molecule has 7 nitrogen and oxygen atoms in total. The average molecular weight is 382 g/mol. The van der Waals surface area contributed by atoms with Crippen LogP contribution in [0.1, 0.15) is 12.0 Å². The molecular formula is C21H26N4O3. The topological polar surface area (TPSA) is 74.8 Å². The Balaban J connectivity index is 1.39. The molecule has 1 N–H and O–H groups in total. The predicted octanol–water partition coefficient (Wildman–Crippen LogP) is 1.49. The van der Waals surface area contributed by atoms with E-state index in [1.807, 2.05) is 42.5 Å². The maximum absolute atomic E-state index is 12.4. The number of aryl methyl sites for hydroxylation is 1. The van der Waals surface area contributed by atoms with Crippen LogP contribution in [0.4, 0.5) is 5.82 Å². The number of anilines is 1. The smallest absolute Gasteiger partial charge is 0.242 e. The number of nitrogens with zero attached hydrogens (tertiary/aromatic N) is 3. The molecule has 1 aromatic carbocycles. The number of piperazine rings is 1. The molecule has 0 radical (unpaired) electrons. The van der Waals surface area contributed by atoms with Crippen molar-refractivity contribution in [2.24, 2.45) is 0 Å². The molecule has 1 fully saturated rings. The number of hydrogen-bond acceptors (Lipinski definition) is 5. The number of carbonyl (C=O) groups excluding carboxylic acids is 2. The summed E-state index contributed by atoms with van der Waals surface area (Å²) in [6, 6.07) is 13.5. The van der Waals surface area contributed by atoms with Crippen molar-refractivity contribution in [1.82, 2.24) is 15.2 Å². The molecule has 0 unspecified atom stereocenters. The van der Waals surface area contributed by atoms with E-state index < -0.39 is 0 Å². The van der Waals surface area contributed by atoms with Gasteiger partial charge in [0.1, 0.15) is 11.6 Å². The summed E-state index contributed by atoms with van der Waals surface area (Å²) in [5.41, 5.74) is 0.983. The maximum Gasteiger partial charge on any atom is 0.242 e. The molecule has 2 aromatic rings. The first-order valence-corrected chi connectivity index (χ1v) is 9.49. The van der Waals surface area contributed by atoms with Crippen LogP contribution in [-0.2, 0) is 16.0 Å². The van der Waals surface area contributed by atoms with Gasteiger partial charge < -0.3 is 19.9 Å². The molecule has 0 spiro atoms. The number of rotatable bonds is 7. The molecule has 1 aliphatic heterocycles. The second-order valence-corrected chi connectivity index (χ2v) is 6.64. The van der Waals surface area contributed by atoms with Crippen molar-refractivity contribution in [2.75, 3.05) is 44.7 Å². The van der Waals surface area contributed by atoms with E-state index >= 15 is 0 Å². The maximum atomic E-state index is 12.4. The number of amides is 2. The Morgan fingerprint density at radius 2 is 1.82 bits per heavy atom. The molecule has 1 saturated heterocycles. The number of aromatic nitrogens is 1. The van der Waals surface area contributed by atoms with Gasteiger partial charge in [0.15, 0.2) is 0 Å². The number of para-hydroxylation sites is 1. The van der Waals surface area contributed by atoms with Crippen molar-refractivity contribution < 1.29 is 14.3 Å². The van der Waals surface area contributed by atoms with Crippen LogP contribution in [0.25, 0.3) is 0 Å². The van der Waals surface area contributed by atoms with Crippen molar-refractivity contribution in [3.63, 3.8) is 0 Å². The zero-order chi connectivity index (χ0) is 19.8. The number of nitrogens with one attached hydrogen (secondary N) is 1. The number of benzene rings is 1. The van der Waals surface area contributed by atoms with Crippen LogP contribution >= 0.6 is 0 Å². The SMILES string of the molecule is COc1ccccc1CCC(=O)NCC(=O)N1CCN(c2ccccn2)CC1. The van der Waals surface area contributed by atoms with Crippen molar-refractivity contribution in [2.45, 2.75) is 12.8 Å². The molecular weight excluding hydrogens is 356 g/mol. The second-order valence-electron chi connectivity index (χ2n) is 6.64. The third kappa shape index (κ3) is 5.22. The molecule has 1 aliphatic rings. The van der Waals surface area contributed by atoms with Gasteiger partial charge in [-0.05, 0) is 30.2 Å². The molecule has 0 atom stereocenters. The zero-order valence-electron chi connectivity index (χ0n) is 16.1. The Morgan fingerprint density at radius 3 is 2.54 bits per heavy atom. The van der Waals surface area contributed by atoms with Crippen molar-refractivity contribution in [3.05, 3.63) is 54.2 Å². The van der Waals surface area contributed by atoms with Gasteiger partial charge in [0.2, 0.25) is 11.8 Å². The third-order valence-corrected chi connectivity index (χ3v) is 4.86. The highest BCUT2D eigenvalue weighted by molar-refractivity contribution is 5.85. The molecule has 148 valence electrons. The van der Waals surface area contributed by atoms with Gasteiger partial charge in [-0.15, -0.1) is 0 Å². The van der Waals surface area contributed by atoms with Gasteiger partial charge >= 0.3 is 0 Å². The summed E-state index contributed by atoms with van der Waals surface area (Å²) in [6.45, 7) is 2.78. The standard InChI is InChI=1S/C21H26N4O3/c1-28-18-7-3-2-6-17(18)9-10-20(26)23-16-21(27)25-14-12-24(13-15-25)19-8-4-5-11-22-19/h2-8,11H,9-10,12-16H2,1H3,(H,23,26). The normalized spacial score (nSPS) is 13.9. The van der Waals surface area contributed by atoms with E-state index in [0.29, 0.717) is 25.9 Å². The minimum absolute atomic E-state index is 0.0361. The summed E-state index contributed by atoms with van der Waals surface area (Å²) >= 11 is 0. The molecule has 2 amide bonds. The van der Waals surface area contributed by atoms with E-state index in [4.69, 9.17) is 4.74 Å². The Labute approximate surface area is 165 Å². The first-order valence-electron chi connectivity index (χ1n) is 9.49. The van der Waals surface area contributed by atoms with Crippen LogP contribution in [0.3, 0.4) is 0 Å². The fraction of sp³-hybridized carbons (Fsp3) is 0.381. The van der Waals surface area contributed by atoms with Gasteiger partial charge in [-0.3, -0.25) is 9.59 Å². The van der Waals surface area contributed by atoms with Gasteiger partial charge in [0, 0.05) is 38.8 Å². The lowest BCUT2D eigenvalue weighted by Crippen LogP contribution is -2.51. The summed E-state index contributed by atoms with van der Waals surface area (Å²) in [5.74, 6) is 1.52. The van der Waals surface area contributed by atoms with E-state index in [1.54, 1.807) is 18.2 Å². The quantitative estimate of drug-likeness (QED) is 0.785. The summed E-state index contributed by atoms with van der Waals surface area (Å²) in [7, 11) is 1.62. The van der Waals surface area contributed by atoms with Gasteiger partial charge in [-0.25, -0.2) is 4.98 Å². The first kappa shape index (κ1) is 19.7. The van der Waals surface area contributed by atoms with Crippen LogP contribution in [0.2, 0.25) is 0 Å². The number of pyridine rings is 1. The molecule has 0 aliphatic carbocycles. The Morgan fingerprint density at radius 1 is 1.07 bits per heavy atom. The van der Waals surface area contributed by atoms with E-state index in [1.165, 1.54) is 0 Å². The van der Waals surface area contributed by atoms with E-state index in [2.05, 4.69) is 15.2 Å². The molecule has 0 saturated carbocycles. The number of methoxy groups -OCH3 is 1. The van der Waals surface area contributed by atoms with E-state index in [-0.39, 0.29) is 18.4 Å². The lowest BCUT2D eigenvalue weighted by molar-refractivity contribution is -0.133. The first-order chi connectivity index (χ1) is 13.7. The van der Waals surface area contributed by atoms with E-state index in [0.717, 1.165) is 30.2 Å². The fourth-order valence-corrected chi connectivity index (χ4v) is 3.26. The summed E-state index contributed by atoms with van der Waals surface area (Å²) in [4.78, 5) is 32.8. The molecule has 28 heavy (non-hydrogen) atoms. The molecule has 2 heterocycles. The van der Waals surface area contributed by atoms with Gasteiger partial charge in [-0.2, -0.15) is 0 Å². The van der Waals surface area contributed by atoms with Crippen LogP contribution < -0.4 is 15.0 Å². The Kier molecular flexibility index (Phi) is 6.84. The minimum atomic E-state index is -0.133. The highest BCUT2D eigenvalue weighted by Crippen LogP contribution is 2.18. The number of ether oxygens (including phenoxy) is 1. The predicted molar refractivity (Wildman–Crippen MR) is 107 cm³/mol.